The Morgan fingerprint density at radius 2 is 1.94 bits per heavy atom. The molecular weight excluding hydrogens is 242 g/mol. The first-order chi connectivity index (χ1) is 8.21. The first kappa shape index (κ1) is 15.1. The van der Waals surface area contributed by atoms with Crippen LogP contribution < -0.4 is 0 Å². The second kappa shape index (κ2) is 5.79. The molecule has 0 bridgehead atoms. The van der Waals surface area contributed by atoms with E-state index >= 15 is 0 Å². The summed E-state index contributed by atoms with van der Waals surface area (Å²) in [6.45, 7) is 9.46. The highest BCUT2D eigenvalue weighted by Crippen LogP contribution is 2.24. The van der Waals surface area contributed by atoms with Crippen LogP contribution in [0.5, 0.6) is 0 Å². The SMILES string of the molecule is Cc1ccc(C(C)(C)C)cc1CCN(C)C(=O)S. The molecule has 0 aliphatic carbocycles. The van der Waals surface area contributed by atoms with Crippen LogP contribution in [0.25, 0.3) is 0 Å². The van der Waals surface area contributed by atoms with Crippen molar-refractivity contribution in [3.63, 3.8) is 0 Å². The number of likely N-dealkylation sites (N-methyl/N-ethyl adjacent to an activating group) is 1. The molecule has 0 saturated carbocycles. The smallest absolute Gasteiger partial charge is 0.278 e. The van der Waals surface area contributed by atoms with Crippen molar-refractivity contribution in [1.29, 1.82) is 0 Å². The summed E-state index contributed by atoms with van der Waals surface area (Å²) in [5, 5.41) is -0.181. The Morgan fingerprint density at radius 3 is 2.44 bits per heavy atom. The molecule has 1 aromatic carbocycles. The molecule has 18 heavy (non-hydrogen) atoms. The van der Waals surface area contributed by atoms with Crippen molar-refractivity contribution in [1.82, 2.24) is 4.90 Å². The second-order valence-electron chi connectivity index (χ2n) is 5.85. The Hall–Kier alpha value is -0.960. The number of thiol groups is 1. The number of rotatable bonds is 3. The maximum absolute atomic E-state index is 11.1. The van der Waals surface area contributed by atoms with Crippen LogP contribution in [-0.4, -0.2) is 23.7 Å². The Bertz CT molecular complexity index is 435. The average Bonchev–Trinajstić information content (AvgIpc) is 2.25. The molecule has 0 unspecified atom stereocenters. The number of amides is 1. The van der Waals surface area contributed by atoms with Crippen molar-refractivity contribution >= 4 is 17.9 Å². The normalized spacial score (nSPS) is 11.4. The van der Waals surface area contributed by atoms with E-state index in [1.165, 1.54) is 16.7 Å². The van der Waals surface area contributed by atoms with Gasteiger partial charge in [0.15, 0.2) is 0 Å². The third kappa shape index (κ3) is 4.05. The fourth-order valence-corrected chi connectivity index (χ4v) is 1.89. The fraction of sp³-hybridized carbons (Fsp3) is 0.533. The third-order valence-corrected chi connectivity index (χ3v) is 3.60. The first-order valence-corrected chi connectivity index (χ1v) is 6.70. The van der Waals surface area contributed by atoms with E-state index in [1.54, 1.807) is 11.9 Å². The molecule has 0 atom stereocenters. The lowest BCUT2D eigenvalue weighted by Crippen LogP contribution is -2.24. The number of benzene rings is 1. The van der Waals surface area contributed by atoms with Gasteiger partial charge in [0.05, 0.1) is 0 Å². The predicted octanol–water partition coefficient (Wildman–Crippen LogP) is 3.82. The standard InChI is InChI=1S/C15H23NOS/c1-11-6-7-13(15(2,3)4)10-12(11)8-9-16(5)14(17)18/h6-7,10H,8-9H2,1-5H3,(H,17,18). The lowest BCUT2D eigenvalue weighted by atomic mass is 9.85. The summed E-state index contributed by atoms with van der Waals surface area (Å²) in [7, 11) is 1.78. The van der Waals surface area contributed by atoms with E-state index in [2.05, 4.69) is 58.5 Å². The molecule has 1 aromatic rings. The minimum Gasteiger partial charge on any atom is -0.337 e. The number of hydrogen-bond donors (Lipinski definition) is 1. The number of nitrogens with zero attached hydrogens (tertiary/aromatic N) is 1. The minimum atomic E-state index is -0.181. The lowest BCUT2D eigenvalue weighted by Gasteiger charge is -2.21. The topological polar surface area (TPSA) is 20.3 Å². The summed E-state index contributed by atoms with van der Waals surface area (Å²) in [6, 6.07) is 6.61. The Balaban J connectivity index is 2.85. The van der Waals surface area contributed by atoms with E-state index in [0.717, 1.165) is 6.42 Å². The molecule has 0 aliphatic heterocycles. The lowest BCUT2D eigenvalue weighted by molar-refractivity contribution is 0.234. The molecular formula is C15H23NOS. The van der Waals surface area contributed by atoms with Crippen LogP contribution in [0, 0.1) is 6.92 Å². The summed E-state index contributed by atoms with van der Waals surface area (Å²) in [4.78, 5) is 12.7. The molecule has 0 aliphatic rings. The molecule has 2 nitrogen and oxygen atoms in total. The number of hydrogen-bond acceptors (Lipinski definition) is 1. The summed E-state index contributed by atoms with van der Waals surface area (Å²) >= 11 is 3.82. The van der Waals surface area contributed by atoms with Gasteiger partial charge in [0.25, 0.3) is 5.24 Å². The molecule has 100 valence electrons. The second-order valence-corrected chi connectivity index (χ2v) is 6.23. The van der Waals surface area contributed by atoms with Gasteiger partial charge in [-0.15, -0.1) is 0 Å². The van der Waals surface area contributed by atoms with Crippen molar-refractivity contribution < 1.29 is 4.79 Å². The molecule has 3 heteroatoms. The zero-order valence-electron chi connectivity index (χ0n) is 11.9. The number of aryl methyl sites for hydroxylation is 1. The van der Waals surface area contributed by atoms with Crippen molar-refractivity contribution in [2.45, 2.75) is 39.5 Å². The molecule has 1 rings (SSSR count). The van der Waals surface area contributed by atoms with Gasteiger partial charge in [-0.25, -0.2) is 0 Å². The van der Waals surface area contributed by atoms with Gasteiger partial charge in [0, 0.05) is 13.6 Å². The molecule has 0 heterocycles. The van der Waals surface area contributed by atoms with Crippen LogP contribution in [0.3, 0.4) is 0 Å². The van der Waals surface area contributed by atoms with E-state index < -0.39 is 0 Å². The maximum atomic E-state index is 11.1. The first-order valence-electron chi connectivity index (χ1n) is 6.26. The highest BCUT2D eigenvalue weighted by atomic mass is 32.1. The highest BCUT2D eigenvalue weighted by Gasteiger charge is 2.15. The van der Waals surface area contributed by atoms with E-state index in [9.17, 15) is 4.79 Å². The summed E-state index contributed by atoms with van der Waals surface area (Å²) < 4.78 is 0. The zero-order valence-corrected chi connectivity index (χ0v) is 12.8. The Labute approximate surface area is 116 Å². The van der Waals surface area contributed by atoms with Crippen molar-refractivity contribution in [2.75, 3.05) is 13.6 Å². The van der Waals surface area contributed by atoms with Crippen molar-refractivity contribution in [2.24, 2.45) is 0 Å². The van der Waals surface area contributed by atoms with Crippen LogP contribution in [0.1, 0.15) is 37.5 Å². The van der Waals surface area contributed by atoms with Crippen LogP contribution in [0.4, 0.5) is 4.79 Å². The van der Waals surface area contributed by atoms with Crippen molar-refractivity contribution in [3.8, 4) is 0 Å². The fourth-order valence-electron chi connectivity index (χ4n) is 1.79. The zero-order chi connectivity index (χ0) is 13.9. The summed E-state index contributed by atoms with van der Waals surface area (Å²) in [6.07, 6.45) is 0.874. The highest BCUT2D eigenvalue weighted by molar-refractivity contribution is 7.96. The van der Waals surface area contributed by atoms with Crippen LogP contribution in [0.15, 0.2) is 18.2 Å². The third-order valence-electron chi connectivity index (χ3n) is 3.26. The molecule has 1 amide bonds. The molecule has 0 aromatic heterocycles. The number of carbonyl (C=O) groups excluding carboxylic acids is 1. The van der Waals surface area contributed by atoms with Gasteiger partial charge in [0.2, 0.25) is 0 Å². The summed E-state index contributed by atoms with van der Waals surface area (Å²) in [5.74, 6) is 0. The Kier molecular flexibility index (Phi) is 4.85. The molecule has 0 radical (unpaired) electrons. The molecule has 0 spiro atoms. The minimum absolute atomic E-state index is 0.160. The van der Waals surface area contributed by atoms with Gasteiger partial charge in [-0.1, -0.05) is 51.6 Å². The van der Waals surface area contributed by atoms with E-state index in [4.69, 9.17) is 0 Å². The summed E-state index contributed by atoms with van der Waals surface area (Å²) in [5.41, 5.74) is 4.09. The van der Waals surface area contributed by atoms with Crippen LogP contribution in [0.2, 0.25) is 0 Å². The van der Waals surface area contributed by atoms with Gasteiger partial charge in [-0.05, 0) is 35.4 Å². The van der Waals surface area contributed by atoms with Gasteiger partial charge >= 0.3 is 0 Å². The van der Waals surface area contributed by atoms with Gasteiger partial charge < -0.3 is 4.90 Å². The van der Waals surface area contributed by atoms with Crippen LogP contribution >= 0.6 is 12.6 Å². The van der Waals surface area contributed by atoms with E-state index in [1.807, 2.05) is 0 Å². The van der Waals surface area contributed by atoms with Crippen LogP contribution in [-0.2, 0) is 11.8 Å². The van der Waals surface area contributed by atoms with E-state index in [0.29, 0.717) is 6.54 Å². The van der Waals surface area contributed by atoms with E-state index in [-0.39, 0.29) is 10.7 Å². The quantitative estimate of drug-likeness (QED) is 0.824. The molecule has 0 saturated heterocycles. The van der Waals surface area contributed by atoms with Crippen molar-refractivity contribution in [3.05, 3.63) is 34.9 Å². The monoisotopic (exact) mass is 265 g/mol. The Morgan fingerprint density at radius 1 is 1.33 bits per heavy atom. The van der Waals surface area contributed by atoms with Gasteiger partial charge in [-0.2, -0.15) is 0 Å². The average molecular weight is 265 g/mol. The van der Waals surface area contributed by atoms with Gasteiger partial charge in [-0.3, -0.25) is 4.79 Å². The number of carbonyl (C=O) groups is 1. The largest absolute Gasteiger partial charge is 0.337 e. The maximum Gasteiger partial charge on any atom is 0.278 e. The predicted molar refractivity (Wildman–Crippen MR) is 80.6 cm³/mol. The molecule has 0 fully saturated rings. The molecule has 0 N–H and O–H groups in total. The van der Waals surface area contributed by atoms with Gasteiger partial charge in [0.1, 0.15) is 0 Å².